The maximum Gasteiger partial charge on any atom is 0.194 e. The van der Waals surface area contributed by atoms with Gasteiger partial charge in [0.2, 0.25) is 0 Å². The third-order valence-corrected chi connectivity index (χ3v) is 4.24. The highest BCUT2D eigenvalue weighted by molar-refractivity contribution is 6.27. The molecule has 0 heterocycles. The Morgan fingerprint density at radius 2 is 1.70 bits per heavy atom. The van der Waals surface area contributed by atoms with Crippen LogP contribution in [0, 0.1) is 0 Å². The molecule has 0 saturated carbocycles. The van der Waals surface area contributed by atoms with Crippen molar-refractivity contribution in [1.82, 2.24) is 0 Å². The van der Waals surface area contributed by atoms with Crippen molar-refractivity contribution >= 4 is 28.6 Å². The lowest BCUT2D eigenvalue weighted by molar-refractivity contribution is 0.104. The molecule has 0 aromatic heterocycles. The van der Waals surface area contributed by atoms with Crippen LogP contribution in [0.2, 0.25) is 0 Å². The van der Waals surface area contributed by atoms with Gasteiger partial charge in [-0.2, -0.15) is 0 Å². The first kappa shape index (κ1) is 13.7. The standard InChI is InChI=1S/C20H16N2O/c1-2-21-12-22-18-11-10-14-13-6-3-4-7-15(13)20(23)17-9-5-8-16(18)19(14)17/h3-12H,2H2,1H3,(H,21,22). The van der Waals surface area contributed by atoms with Gasteiger partial charge < -0.3 is 5.32 Å². The monoisotopic (exact) mass is 300 g/mol. The summed E-state index contributed by atoms with van der Waals surface area (Å²) in [5.74, 6) is 0.0954. The zero-order valence-corrected chi connectivity index (χ0v) is 12.8. The maximum absolute atomic E-state index is 12.8. The topological polar surface area (TPSA) is 41.5 Å². The Balaban J connectivity index is 2.01. The smallest absolute Gasteiger partial charge is 0.194 e. The maximum atomic E-state index is 12.8. The van der Waals surface area contributed by atoms with Crippen molar-refractivity contribution < 1.29 is 4.79 Å². The lowest BCUT2D eigenvalue weighted by Crippen LogP contribution is -2.10. The largest absolute Gasteiger partial charge is 0.346 e. The number of fused-ring (bicyclic) bond motifs is 2. The zero-order chi connectivity index (χ0) is 15.8. The summed E-state index contributed by atoms with van der Waals surface area (Å²) in [4.78, 5) is 17.0. The van der Waals surface area contributed by atoms with Crippen molar-refractivity contribution in [3.8, 4) is 11.1 Å². The Kier molecular flexibility index (Phi) is 3.19. The molecule has 0 spiro atoms. The Morgan fingerprint density at radius 3 is 2.52 bits per heavy atom. The number of carbonyl (C=O) groups is 1. The van der Waals surface area contributed by atoms with Crippen LogP contribution in [-0.4, -0.2) is 18.7 Å². The molecule has 0 bridgehead atoms. The van der Waals surface area contributed by atoms with Gasteiger partial charge in [0.05, 0.1) is 6.34 Å². The quantitative estimate of drug-likeness (QED) is 0.447. The number of aliphatic imine (C=N–C) groups is 1. The van der Waals surface area contributed by atoms with Crippen LogP contribution in [0.1, 0.15) is 22.8 Å². The fourth-order valence-corrected chi connectivity index (χ4v) is 3.21. The molecule has 0 saturated heterocycles. The summed E-state index contributed by atoms with van der Waals surface area (Å²) in [6, 6.07) is 17.8. The van der Waals surface area contributed by atoms with Gasteiger partial charge in [0, 0.05) is 34.1 Å². The van der Waals surface area contributed by atoms with Gasteiger partial charge in [0.15, 0.2) is 5.78 Å². The van der Waals surface area contributed by atoms with E-state index >= 15 is 0 Å². The van der Waals surface area contributed by atoms with Crippen molar-refractivity contribution in [3.05, 3.63) is 65.7 Å². The van der Waals surface area contributed by atoms with Gasteiger partial charge in [-0.15, -0.1) is 0 Å². The molecule has 3 aromatic rings. The average Bonchev–Trinajstić information content (AvgIpc) is 2.60. The van der Waals surface area contributed by atoms with Gasteiger partial charge in [-0.05, 0) is 24.1 Å². The first-order chi connectivity index (χ1) is 11.3. The van der Waals surface area contributed by atoms with E-state index in [1.165, 1.54) is 0 Å². The molecule has 1 N–H and O–H groups in total. The third-order valence-electron chi connectivity index (χ3n) is 4.24. The molecule has 3 aromatic carbocycles. The number of anilines is 1. The Hall–Kier alpha value is -2.94. The van der Waals surface area contributed by atoms with Crippen LogP contribution in [0.3, 0.4) is 0 Å². The van der Waals surface area contributed by atoms with Gasteiger partial charge in [-0.3, -0.25) is 9.79 Å². The van der Waals surface area contributed by atoms with E-state index in [4.69, 9.17) is 0 Å². The summed E-state index contributed by atoms with van der Waals surface area (Å²) < 4.78 is 0. The molecule has 112 valence electrons. The molecule has 0 aliphatic heterocycles. The average molecular weight is 300 g/mol. The molecule has 3 heteroatoms. The first-order valence-electron chi connectivity index (χ1n) is 7.76. The molecular weight excluding hydrogens is 284 g/mol. The number of carbonyl (C=O) groups excluding carboxylic acids is 1. The number of hydrogen-bond donors (Lipinski definition) is 1. The van der Waals surface area contributed by atoms with E-state index < -0.39 is 0 Å². The van der Waals surface area contributed by atoms with E-state index in [9.17, 15) is 4.79 Å². The summed E-state index contributed by atoms with van der Waals surface area (Å²) in [7, 11) is 0. The first-order valence-corrected chi connectivity index (χ1v) is 7.76. The molecule has 23 heavy (non-hydrogen) atoms. The van der Waals surface area contributed by atoms with Crippen LogP contribution in [0.15, 0.2) is 59.6 Å². The molecule has 0 amide bonds. The Bertz CT molecular complexity index is 957. The van der Waals surface area contributed by atoms with Gasteiger partial charge in [-0.1, -0.05) is 48.5 Å². The second-order valence-corrected chi connectivity index (χ2v) is 5.54. The number of nitrogens with one attached hydrogen (secondary N) is 1. The lowest BCUT2D eigenvalue weighted by atomic mass is 9.82. The fraction of sp³-hybridized carbons (Fsp3) is 0.100. The number of ketones is 1. The second kappa shape index (κ2) is 5.36. The molecular formula is C20H16N2O. The predicted octanol–water partition coefficient (Wildman–Crippen LogP) is 4.51. The molecule has 1 aliphatic carbocycles. The number of benzene rings is 3. The Labute approximate surface area is 134 Å². The molecule has 0 atom stereocenters. The predicted molar refractivity (Wildman–Crippen MR) is 95.5 cm³/mol. The van der Waals surface area contributed by atoms with E-state index in [1.54, 1.807) is 6.34 Å². The van der Waals surface area contributed by atoms with E-state index in [1.807, 2.05) is 49.4 Å². The van der Waals surface area contributed by atoms with E-state index in [0.717, 1.165) is 45.3 Å². The highest BCUT2D eigenvalue weighted by Gasteiger charge is 2.25. The summed E-state index contributed by atoms with van der Waals surface area (Å²) in [5.41, 5.74) is 4.64. The third kappa shape index (κ3) is 2.05. The molecule has 0 fully saturated rings. The van der Waals surface area contributed by atoms with Crippen LogP contribution >= 0.6 is 0 Å². The summed E-state index contributed by atoms with van der Waals surface area (Å²) in [6.45, 7) is 2.73. The Morgan fingerprint density at radius 1 is 0.913 bits per heavy atom. The molecule has 3 nitrogen and oxygen atoms in total. The van der Waals surface area contributed by atoms with Crippen LogP contribution in [0.4, 0.5) is 5.69 Å². The van der Waals surface area contributed by atoms with Gasteiger partial charge in [0.1, 0.15) is 0 Å². The van der Waals surface area contributed by atoms with E-state index in [0.29, 0.717) is 0 Å². The second-order valence-electron chi connectivity index (χ2n) is 5.54. The normalized spacial score (nSPS) is 12.7. The van der Waals surface area contributed by atoms with Crippen molar-refractivity contribution in [2.75, 3.05) is 11.9 Å². The van der Waals surface area contributed by atoms with Crippen molar-refractivity contribution in [1.29, 1.82) is 0 Å². The van der Waals surface area contributed by atoms with Crippen molar-refractivity contribution in [3.63, 3.8) is 0 Å². The molecule has 0 radical (unpaired) electrons. The minimum Gasteiger partial charge on any atom is -0.346 e. The van der Waals surface area contributed by atoms with E-state index in [2.05, 4.69) is 22.4 Å². The minimum atomic E-state index is 0.0954. The minimum absolute atomic E-state index is 0.0954. The highest BCUT2D eigenvalue weighted by Crippen LogP contribution is 2.41. The number of rotatable bonds is 3. The number of nitrogens with zero attached hydrogens (tertiary/aromatic N) is 1. The summed E-state index contributed by atoms with van der Waals surface area (Å²) in [5, 5.41) is 5.29. The SMILES string of the molecule is CCN=CNc1ccc2c3c(cccc13)C(=O)c1ccccc1-2. The molecule has 4 rings (SSSR count). The van der Waals surface area contributed by atoms with Crippen LogP contribution in [-0.2, 0) is 0 Å². The van der Waals surface area contributed by atoms with Gasteiger partial charge in [0.25, 0.3) is 0 Å². The van der Waals surface area contributed by atoms with Gasteiger partial charge >= 0.3 is 0 Å². The van der Waals surface area contributed by atoms with Gasteiger partial charge in [-0.25, -0.2) is 0 Å². The van der Waals surface area contributed by atoms with E-state index in [-0.39, 0.29) is 5.78 Å². The molecule has 0 unspecified atom stereocenters. The summed E-state index contributed by atoms with van der Waals surface area (Å²) >= 11 is 0. The fourth-order valence-electron chi connectivity index (χ4n) is 3.21. The highest BCUT2D eigenvalue weighted by atomic mass is 16.1. The summed E-state index contributed by atoms with van der Waals surface area (Å²) in [6.07, 6.45) is 1.71. The van der Waals surface area contributed by atoms with Crippen molar-refractivity contribution in [2.24, 2.45) is 4.99 Å². The number of hydrogen-bond acceptors (Lipinski definition) is 2. The van der Waals surface area contributed by atoms with Crippen LogP contribution in [0.5, 0.6) is 0 Å². The van der Waals surface area contributed by atoms with Crippen LogP contribution < -0.4 is 5.32 Å². The zero-order valence-electron chi connectivity index (χ0n) is 12.8. The van der Waals surface area contributed by atoms with Crippen LogP contribution in [0.25, 0.3) is 21.9 Å². The van der Waals surface area contributed by atoms with Crippen molar-refractivity contribution in [2.45, 2.75) is 6.92 Å². The lowest BCUT2D eigenvalue weighted by Gasteiger charge is -2.21. The molecule has 1 aliphatic rings.